The SMILES string of the molecule is CCCc1cc(CNC(=O)c2cc3cc(C)ccc3nc2C)on1. The van der Waals surface area contributed by atoms with Crippen molar-refractivity contribution in [2.45, 2.75) is 40.2 Å². The highest BCUT2D eigenvalue weighted by molar-refractivity contribution is 5.98. The maximum Gasteiger partial charge on any atom is 0.253 e. The lowest BCUT2D eigenvalue weighted by Gasteiger charge is -2.08. The Kier molecular flexibility index (Phi) is 4.60. The van der Waals surface area contributed by atoms with Crippen LogP contribution in [0.1, 0.15) is 46.4 Å². The molecule has 0 radical (unpaired) electrons. The van der Waals surface area contributed by atoms with Crippen molar-refractivity contribution in [1.82, 2.24) is 15.5 Å². The van der Waals surface area contributed by atoms with Gasteiger partial charge < -0.3 is 9.84 Å². The summed E-state index contributed by atoms with van der Waals surface area (Å²) in [5.74, 6) is 0.505. The smallest absolute Gasteiger partial charge is 0.253 e. The molecule has 5 heteroatoms. The topological polar surface area (TPSA) is 68.0 Å². The minimum absolute atomic E-state index is 0.156. The molecule has 0 aliphatic rings. The number of pyridine rings is 1. The van der Waals surface area contributed by atoms with E-state index in [9.17, 15) is 4.79 Å². The van der Waals surface area contributed by atoms with Gasteiger partial charge in [-0.15, -0.1) is 0 Å². The third kappa shape index (κ3) is 3.45. The third-order valence-corrected chi connectivity index (χ3v) is 3.94. The molecular formula is C19H21N3O2. The van der Waals surface area contributed by atoms with E-state index >= 15 is 0 Å². The van der Waals surface area contributed by atoms with Gasteiger partial charge in [0.2, 0.25) is 0 Å². The quantitative estimate of drug-likeness (QED) is 0.777. The van der Waals surface area contributed by atoms with Crippen LogP contribution in [-0.4, -0.2) is 16.0 Å². The molecule has 0 atom stereocenters. The minimum atomic E-state index is -0.156. The second-order valence-corrected chi connectivity index (χ2v) is 6.03. The van der Waals surface area contributed by atoms with E-state index in [0.717, 1.165) is 35.0 Å². The Bertz CT molecular complexity index is 883. The molecule has 124 valence electrons. The van der Waals surface area contributed by atoms with Gasteiger partial charge in [0.1, 0.15) is 0 Å². The van der Waals surface area contributed by atoms with Crippen molar-refractivity contribution >= 4 is 16.8 Å². The third-order valence-electron chi connectivity index (χ3n) is 3.94. The van der Waals surface area contributed by atoms with Crippen molar-refractivity contribution in [3.63, 3.8) is 0 Å². The predicted molar refractivity (Wildman–Crippen MR) is 92.9 cm³/mol. The molecule has 0 saturated heterocycles. The number of benzene rings is 1. The van der Waals surface area contributed by atoms with Crippen LogP contribution in [0.15, 0.2) is 34.9 Å². The molecule has 1 aromatic carbocycles. The van der Waals surface area contributed by atoms with Crippen LogP contribution in [0.25, 0.3) is 10.9 Å². The normalized spacial score (nSPS) is 11.0. The van der Waals surface area contributed by atoms with E-state index in [1.807, 2.05) is 44.2 Å². The summed E-state index contributed by atoms with van der Waals surface area (Å²) in [6.45, 7) is 6.28. The molecule has 0 aliphatic heterocycles. The largest absolute Gasteiger partial charge is 0.359 e. The summed E-state index contributed by atoms with van der Waals surface area (Å²) in [6.07, 6.45) is 1.89. The molecule has 5 nitrogen and oxygen atoms in total. The summed E-state index contributed by atoms with van der Waals surface area (Å²) in [5.41, 5.74) is 4.26. The molecule has 0 saturated carbocycles. The van der Waals surface area contributed by atoms with Crippen LogP contribution in [0.3, 0.4) is 0 Å². The Labute approximate surface area is 141 Å². The van der Waals surface area contributed by atoms with Gasteiger partial charge in [0.05, 0.1) is 29.0 Å². The number of nitrogens with one attached hydrogen (secondary N) is 1. The van der Waals surface area contributed by atoms with Gasteiger partial charge in [-0.25, -0.2) is 0 Å². The molecule has 2 aromatic heterocycles. The van der Waals surface area contributed by atoms with Gasteiger partial charge in [-0.05, 0) is 38.5 Å². The lowest BCUT2D eigenvalue weighted by Crippen LogP contribution is -2.23. The average Bonchev–Trinajstić information content (AvgIpc) is 3.00. The standard InChI is InChI=1S/C19H21N3O2/c1-4-5-15-10-16(24-22-15)11-20-19(23)17-9-14-8-12(2)6-7-18(14)21-13(17)3/h6-10H,4-5,11H2,1-3H3,(H,20,23). The number of aromatic nitrogens is 2. The predicted octanol–water partition coefficient (Wildman–Crippen LogP) is 3.72. The number of fused-ring (bicyclic) bond motifs is 1. The fraction of sp³-hybridized carbons (Fsp3) is 0.316. The average molecular weight is 323 g/mol. The molecule has 1 N–H and O–H groups in total. The molecule has 2 heterocycles. The van der Waals surface area contributed by atoms with Gasteiger partial charge in [-0.1, -0.05) is 30.1 Å². The molecule has 3 rings (SSSR count). The van der Waals surface area contributed by atoms with Crippen LogP contribution in [0.4, 0.5) is 0 Å². The van der Waals surface area contributed by atoms with Gasteiger partial charge in [0.15, 0.2) is 5.76 Å². The summed E-state index contributed by atoms with van der Waals surface area (Å²) in [5, 5.41) is 7.83. The van der Waals surface area contributed by atoms with E-state index in [-0.39, 0.29) is 5.91 Å². The maximum absolute atomic E-state index is 12.5. The Morgan fingerprint density at radius 2 is 2.04 bits per heavy atom. The zero-order valence-corrected chi connectivity index (χ0v) is 14.2. The van der Waals surface area contributed by atoms with Crippen molar-refractivity contribution in [2.24, 2.45) is 0 Å². The second kappa shape index (κ2) is 6.83. The number of rotatable bonds is 5. The molecule has 0 bridgehead atoms. The van der Waals surface area contributed by atoms with E-state index in [2.05, 4.69) is 22.4 Å². The molecule has 0 aliphatic carbocycles. The first-order valence-electron chi connectivity index (χ1n) is 8.17. The number of carbonyl (C=O) groups excluding carboxylic acids is 1. The van der Waals surface area contributed by atoms with Crippen LogP contribution in [0, 0.1) is 13.8 Å². The van der Waals surface area contributed by atoms with Crippen LogP contribution < -0.4 is 5.32 Å². The zero-order chi connectivity index (χ0) is 17.1. The Morgan fingerprint density at radius 1 is 1.21 bits per heavy atom. The Morgan fingerprint density at radius 3 is 2.83 bits per heavy atom. The highest BCUT2D eigenvalue weighted by Gasteiger charge is 2.13. The number of aryl methyl sites for hydroxylation is 3. The molecule has 1 amide bonds. The number of hydrogen-bond acceptors (Lipinski definition) is 4. The van der Waals surface area contributed by atoms with Gasteiger partial charge in [0, 0.05) is 11.5 Å². The monoisotopic (exact) mass is 323 g/mol. The highest BCUT2D eigenvalue weighted by atomic mass is 16.5. The first kappa shape index (κ1) is 16.2. The summed E-state index contributed by atoms with van der Waals surface area (Å²) >= 11 is 0. The molecule has 24 heavy (non-hydrogen) atoms. The number of carbonyl (C=O) groups is 1. The lowest BCUT2D eigenvalue weighted by atomic mass is 10.1. The molecular weight excluding hydrogens is 302 g/mol. The Hall–Kier alpha value is -2.69. The fourth-order valence-electron chi connectivity index (χ4n) is 2.70. The van der Waals surface area contributed by atoms with Crippen molar-refractivity contribution < 1.29 is 9.32 Å². The number of hydrogen-bond donors (Lipinski definition) is 1. The van der Waals surface area contributed by atoms with Gasteiger partial charge in [-0.2, -0.15) is 0 Å². The van der Waals surface area contributed by atoms with Crippen LogP contribution in [-0.2, 0) is 13.0 Å². The highest BCUT2D eigenvalue weighted by Crippen LogP contribution is 2.18. The van der Waals surface area contributed by atoms with Gasteiger partial charge in [-0.3, -0.25) is 9.78 Å². The van der Waals surface area contributed by atoms with Crippen LogP contribution in [0.2, 0.25) is 0 Å². The fourth-order valence-corrected chi connectivity index (χ4v) is 2.70. The van der Waals surface area contributed by atoms with Crippen molar-refractivity contribution in [3.8, 4) is 0 Å². The minimum Gasteiger partial charge on any atom is -0.359 e. The summed E-state index contributed by atoms with van der Waals surface area (Å²) in [6, 6.07) is 9.81. The first-order chi connectivity index (χ1) is 11.6. The summed E-state index contributed by atoms with van der Waals surface area (Å²) < 4.78 is 5.24. The molecule has 0 unspecified atom stereocenters. The van der Waals surface area contributed by atoms with E-state index in [1.165, 1.54) is 0 Å². The zero-order valence-electron chi connectivity index (χ0n) is 14.2. The van der Waals surface area contributed by atoms with Crippen molar-refractivity contribution in [2.75, 3.05) is 0 Å². The van der Waals surface area contributed by atoms with E-state index in [0.29, 0.717) is 23.6 Å². The number of amides is 1. The summed E-state index contributed by atoms with van der Waals surface area (Å²) in [7, 11) is 0. The van der Waals surface area contributed by atoms with Crippen LogP contribution >= 0.6 is 0 Å². The van der Waals surface area contributed by atoms with Crippen molar-refractivity contribution in [1.29, 1.82) is 0 Å². The van der Waals surface area contributed by atoms with Crippen LogP contribution in [0.5, 0.6) is 0 Å². The summed E-state index contributed by atoms with van der Waals surface area (Å²) in [4.78, 5) is 17.0. The lowest BCUT2D eigenvalue weighted by molar-refractivity contribution is 0.0946. The maximum atomic E-state index is 12.5. The van der Waals surface area contributed by atoms with Gasteiger partial charge in [0.25, 0.3) is 5.91 Å². The van der Waals surface area contributed by atoms with E-state index < -0.39 is 0 Å². The first-order valence-corrected chi connectivity index (χ1v) is 8.17. The van der Waals surface area contributed by atoms with E-state index in [4.69, 9.17) is 4.52 Å². The molecule has 3 aromatic rings. The van der Waals surface area contributed by atoms with Crippen molar-refractivity contribution in [3.05, 3.63) is 58.6 Å². The second-order valence-electron chi connectivity index (χ2n) is 6.03. The Balaban J connectivity index is 1.76. The van der Waals surface area contributed by atoms with Gasteiger partial charge >= 0.3 is 0 Å². The van der Waals surface area contributed by atoms with E-state index in [1.54, 1.807) is 0 Å². The molecule has 0 fully saturated rings. The number of nitrogens with zero attached hydrogens (tertiary/aromatic N) is 2. The molecule has 0 spiro atoms.